The molecule has 0 aliphatic rings. The number of aromatic nitrogens is 1. The standard InChI is InChI=1S/C20H16FN7O2/c1-11-3-5-13(6-4-11)24-20-15(10-22)12(2)18(19(23)25-20)27-26-17-8-7-14(28(29)30)9-16(17)21/h3-9H,1-2H3,(H3,23,24,25). The summed E-state index contributed by atoms with van der Waals surface area (Å²) in [4.78, 5) is 14.2. The normalized spacial score (nSPS) is 10.7. The lowest BCUT2D eigenvalue weighted by Crippen LogP contribution is -2.03. The molecule has 0 unspecified atom stereocenters. The molecule has 0 spiro atoms. The van der Waals surface area contributed by atoms with Crippen LogP contribution in [0.4, 0.5) is 38.8 Å². The van der Waals surface area contributed by atoms with Crippen molar-refractivity contribution in [1.82, 2.24) is 4.98 Å². The molecule has 3 aromatic rings. The van der Waals surface area contributed by atoms with Gasteiger partial charge in [-0.3, -0.25) is 10.1 Å². The SMILES string of the molecule is Cc1ccc(Nc2nc(N)c(N=Nc3ccc([N+](=O)[O-])cc3F)c(C)c2C#N)cc1. The number of non-ortho nitro benzene ring substituents is 1. The summed E-state index contributed by atoms with van der Waals surface area (Å²) >= 11 is 0. The number of nitrogens with zero attached hydrogens (tertiary/aromatic N) is 5. The number of nitrogens with one attached hydrogen (secondary N) is 1. The number of aryl methyl sites for hydroxylation is 1. The summed E-state index contributed by atoms with van der Waals surface area (Å²) in [6, 6.07) is 12.6. The highest BCUT2D eigenvalue weighted by Gasteiger charge is 2.16. The second-order valence-electron chi connectivity index (χ2n) is 6.39. The third kappa shape index (κ3) is 4.20. The van der Waals surface area contributed by atoms with Crippen LogP contribution in [0.15, 0.2) is 52.7 Å². The van der Waals surface area contributed by atoms with Gasteiger partial charge in [0.2, 0.25) is 0 Å². The number of anilines is 3. The number of azo groups is 1. The Labute approximate surface area is 170 Å². The topological polar surface area (TPSA) is 143 Å². The van der Waals surface area contributed by atoms with E-state index in [2.05, 4.69) is 26.6 Å². The molecule has 10 heteroatoms. The van der Waals surface area contributed by atoms with Crippen LogP contribution in [-0.2, 0) is 0 Å². The number of rotatable bonds is 5. The molecule has 2 aromatic carbocycles. The quantitative estimate of drug-likeness (QED) is 0.332. The van der Waals surface area contributed by atoms with Crippen LogP contribution >= 0.6 is 0 Å². The lowest BCUT2D eigenvalue weighted by molar-refractivity contribution is -0.385. The second kappa shape index (κ2) is 8.32. The summed E-state index contributed by atoms with van der Waals surface area (Å²) in [6.45, 7) is 3.58. The smallest absolute Gasteiger partial charge is 0.272 e. The summed E-state index contributed by atoms with van der Waals surface area (Å²) in [7, 11) is 0. The van der Waals surface area contributed by atoms with Gasteiger partial charge in [-0.25, -0.2) is 9.37 Å². The molecule has 0 radical (unpaired) electrons. The Kier molecular flexibility index (Phi) is 5.64. The molecular formula is C20H16FN7O2. The maximum Gasteiger partial charge on any atom is 0.272 e. The molecule has 9 nitrogen and oxygen atoms in total. The molecule has 1 aromatic heterocycles. The predicted molar refractivity (Wildman–Crippen MR) is 110 cm³/mol. The van der Waals surface area contributed by atoms with E-state index < -0.39 is 16.4 Å². The fraction of sp³-hybridized carbons (Fsp3) is 0.100. The van der Waals surface area contributed by atoms with Gasteiger partial charge in [0.1, 0.15) is 17.4 Å². The van der Waals surface area contributed by atoms with Crippen LogP contribution in [0.5, 0.6) is 0 Å². The lowest BCUT2D eigenvalue weighted by Gasteiger charge is -2.12. The van der Waals surface area contributed by atoms with Crippen LogP contribution < -0.4 is 11.1 Å². The Morgan fingerprint density at radius 1 is 1.20 bits per heavy atom. The van der Waals surface area contributed by atoms with E-state index in [0.717, 1.165) is 29.4 Å². The van der Waals surface area contributed by atoms with Gasteiger partial charge < -0.3 is 11.1 Å². The van der Waals surface area contributed by atoms with E-state index in [0.29, 0.717) is 5.56 Å². The van der Waals surface area contributed by atoms with Crippen LogP contribution in [0, 0.1) is 41.1 Å². The van der Waals surface area contributed by atoms with E-state index >= 15 is 0 Å². The van der Waals surface area contributed by atoms with Crippen molar-refractivity contribution in [1.29, 1.82) is 5.26 Å². The number of nitro benzene ring substituents is 1. The van der Waals surface area contributed by atoms with E-state index in [1.54, 1.807) is 6.92 Å². The highest BCUT2D eigenvalue weighted by molar-refractivity contribution is 5.75. The number of halogens is 1. The van der Waals surface area contributed by atoms with Crippen LogP contribution in [0.25, 0.3) is 0 Å². The minimum Gasteiger partial charge on any atom is -0.382 e. The second-order valence-corrected chi connectivity index (χ2v) is 6.39. The molecule has 0 saturated carbocycles. The van der Waals surface area contributed by atoms with Gasteiger partial charge in [0.05, 0.1) is 16.6 Å². The highest BCUT2D eigenvalue weighted by atomic mass is 19.1. The van der Waals surface area contributed by atoms with Crippen molar-refractivity contribution in [2.24, 2.45) is 10.2 Å². The molecule has 0 saturated heterocycles. The molecule has 3 rings (SSSR count). The number of hydrogen-bond donors (Lipinski definition) is 2. The van der Waals surface area contributed by atoms with Gasteiger partial charge in [0.25, 0.3) is 5.69 Å². The first kappa shape index (κ1) is 20.3. The van der Waals surface area contributed by atoms with Gasteiger partial charge in [-0.2, -0.15) is 5.26 Å². The molecule has 0 amide bonds. The third-order valence-electron chi connectivity index (χ3n) is 4.27. The van der Waals surface area contributed by atoms with Crippen molar-refractivity contribution >= 4 is 34.4 Å². The van der Waals surface area contributed by atoms with E-state index in [1.165, 1.54) is 0 Å². The van der Waals surface area contributed by atoms with Crippen LogP contribution in [-0.4, -0.2) is 9.91 Å². The van der Waals surface area contributed by atoms with Crippen LogP contribution in [0.3, 0.4) is 0 Å². The van der Waals surface area contributed by atoms with Gasteiger partial charge >= 0.3 is 0 Å². The van der Waals surface area contributed by atoms with E-state index in [-0.39, 0.29) is 28.6 Å². The molecule has 30 heavy (non-hydrogen) atoms. The minimum atomic E-state index is -0.907. The zero-order valence-electron chi connectivity index (χ0n) is 16.0. The first-order valence-electron chi connectivity index (χ1n) is 8.69. The van der Waals surface area contributed by atoms with Crippen LogP contribution in [0.2, 0.25) is 0 Å². The Bertz CT molecular complexity index is 1200. The Morgan fingerprint density at radius 2 is 1.90 bits per heavy atom. The first-order valence-corrected chi connectivity index (χ1v) is 8.69. The summed E-state index contributed by atoms with van der Waals surface area (Å²) in [6.07, 6.45) is 0. The molecule has 0 fully saturated rings. The molecule has 0 bridgehead atoms. The van der Waals surface area contributed by atoms with Crippen molar-refractivity contribution in [3.63, 3.8) is 0 Å². The average Bonchev–Trinajstić information content (AvgIpc) is 2.70. The molecular weight excluding hydrogens is 389 g/mol. The van der Waals surface area contributed by atoms with Crippen LogP contribution in [0.1, 0.15) is 16.7 Å². The molecule has 150 valence electrons. The number of nitrogen functional groups attached to an aromatic ring is 1. The molecule has 0 atom stereocenters. The minimum absolute atomic E-state index is 0.00724. The van der Waals surface area contributed by atoms with Crippen molar-refractivity contribution in [3.8, 4) is 6.07 Å². The molecule has 1 heterocycles. The highest BCUT2D eigenvalue weighted by Crippen LogP contribution is 2.34. The molecule has 0 aliphatic heterocycles. The van der Waals surface area contributed by atoms with Gasteiger partial charge in [-0.1, -0.05) is 17.7 Å². The van der Waals surface area contributed by atoms with Gasteiger partial charge in [0.15, 0.2) is 17.5 Å². The monoisotopic (exact) mass is 405 g/mol. The zero-order valence-corrected chi connectivity index (χ0v) is 16.0. The van der Waals surface area contributed by atoms with E-state index in [4.69, 9.17) is 5.73 Å². The largest absolute Gasteiger partial charge is 0.382 e. The predicted octanol–water partition coefficient (Wildman–Crippen LogP) is 5.36. The molecule has 3 N–H and O–H groups in total. The van der Waals surface area contributed by atoms with Crippen molar-refractivity contribution in [2.45, 2.75) is 13.8 Å². The fourth-order valence-corrected chi connectivity index (χ4v) is 2.64. The Hall–Kier alpha value is -4.39. The number of nitro groups is 1. The maximum atomic E-state index is 14.0. The number of nitriles is 1. The maximum absolute atomic E-state index is 14.0. The summed E-state index contributed by atoms with van der Waals surface area (Å²) in [5.41, 5.74) is 7.92. The fourth-order valence-electron chi connectivity index (χ4n) is 2.64. The van der Waals surface area contributed by atoms with Gasteiger partial charge in [-0.15, -0.1) is 10.2 Å². The lowest BCUT2D eigenvalue weighted by atomic mass is 10.1. The number of benzene rings is 2. The summed E-state index contributed by atoms with van der Waals surface area (Å²) in [5, 5.41) is 31.0. The Balaban J connectivity index is 1.96. The third-order valence-corrected chi connectivity index (χ3v) is 4.27. The number of pyridine rings is 1. The number of nitrogens with two attached hydrogens (primary N) is 1. The van der Waals surface area contributed by atoms with Gasteiger partial charge in [0, 0.05) is 17.3 Å². The summed E-state index contributed by atoms with van der Waals surface area (Å²) < 4.78 is 14.0. The Morgan fingerprint density at radius 3 is 2.50 bits per heavy atom. The van der Waals surface area contributed by atoms with E-state index in [9.17, 15) is 19.8 Å². The average molecular weight is 405 g/mol. The summed E-state index contributed by atoms with van der Waals surface area (Å²) in [5.74, 6) is -0.653. The first-order chi connectivity index (χ1) is 14.3. The van der Waals surface area contributed by atoms with Crippen molar-refractivity contribution in [3.05, 3.63) is 75.1 Å². The van der Waals surface area contributed by atoms with Gasteiger partial charge in [-0.05, 0) is 32.0 Å². The van der Waals surface area contributed by atoms with Crippen molar-refractivity contribution in [2.75, 3.05) is 11.1 Å². The van der Waals surface area contributed by atoms with E-state index in [1.807, 2.05) is 31.2 Å². The number of hydrogen-bond acceptors (Lipinski definition) is 8. The van der Waals surface area contributed by atoms with Crippen molar-refractivity contribution < 1.29 is 9.31 Å². The zero-order chi connectivity index (χ0) is 21.8. The molecule has 0 aliphatic carbocycles.